The van der Waals surface area contributed by atoms with Crippen LogP contribution in [0.1, 0.15) is 11.1 Å². The molecule has 1 saturated heterocycles. The molecule has 0 unspecified atom stereocenters. The molecule has 3 aromatic rings. The maximum Gasteiger partial charge on any atom is 0.293 e. The number of hydrogen-bond acceptors (Lipinski definition) is 6. The van der Waals surface area contributed by atoms with Crippen molar-refractivity contribution < 1.29 is 23.8 Å². The third-order valence-corrected chi connectivity index (χ3v) is 6.32. The quantitative estimate of drug-likeness (QED) is 0.337. The maximum absolute atomic E-state index is 12.9. The lowest BCUT2D eigenvalue weighted by molar-refractivity contribution is -0.123. The smallest absolute Gasteiger partial charge is 0.293 e. The van der Waals surface area contributed by atoms with Gasteiger partial charge < -0.3 is 14.2 Å². The number of rotatable bonds is 9. The van der Waals surface area contributed by atoms with E-state index in [4.69, 9.17) is 25.8 Å². The molecule has 8 heteroatoms. The molecule has 6 nitrogen and oxygen atoms in total. The lowest BCUT2D eigenvalue weighted by Crippen LogP contribution is -2.32. The Morgan fingerprint density at radius 2 is 1.71 bits per heavy atom. The summed E-state index contributed by atoms with van der Waals surface area (Å²) in [5.41, 5.74) is 1.44. The molecule has 174 valence electrons. The Morgan fingerprint density at radius 3 is 2.47 bits per heavy atom. The normalized spacial score (nSPS) is 14.5. The van der Waals surface area contributed by atoms with Gasteiger partial charge in [0.2, 0.25) is 0 Å². The monoisotopic (exact) mass is 495 g/mol. The van der Waals surface area contributed by atoms with Gasteiger partial charge in [-0.15, -0.1) is 0 Å². The summed E-state index contributed by atoms with van der Waals surface area (Å²) in [5, 5.41) is 0.257. The topological polar surface area (TPSA) is 65.1 Å². The van der Waals surface area contributed by atoms with E-state index in [0.717, 1.165) is 17.3 Å². The highest BCUT2D eigenvalue weighted by molar-refractivity contribution is 8.18. The molecule has 0 N–H and O–H groups in total. The largest absolute Gasteiger partial charge is 0.493 e. The zero-order chi connectivity index (χ0) is 23.9. The first-order valence-corrected chi connectivity index (χ1v) is 11.7. The van der Waals surface area contributed by atoms with Crippen molar-refractivity contribution in [3.63, 3.8) is 0 Å². The molecule has 0 saturated carbocycles. The second-order valence-electron chi connectivity index (χ2n) is 7.25. The van der Waals surface area contributed by atoms with Crippen molar-refractivity contribution in [1.29, 1.82) is 0 Å². The molecule has 34 heavy (non-hydrogen) atoms. The number of methoxy groups -OCH3 is 1. The number of thioether (sulfide) groups is 1. The van der Waals surface area contributed by atoms with Gasteiger partial charge >= 0.3 is 0 Å². The van der Waals surface area contributed by atoms with Gasteiger partial charge in [0.1, 0.15) is 19.0 Å². The fourth-order valence-corrected chi connectivity index (χ4v) is 4.38. The summed E-state index contributed by atoms with van der Waals surface area (Å²) in [5.74, 6) is 1.29. The van der Waals surface area contributed by atoms with Crippen LogP contribution in [0.4, 0.5) is 4.79 Å². The van der Waals surface area contributed by atoms with E-state index in [1.54, 1.807) is 37.5 Å². The van der Waals surface area contributed by atoms with Gasteiger partial charge in [0, 0.05) is 16.1 Å². The van der Waals surface area contributed by atoms with Gasteiger partial charge in [-0.2, -0.15) is 0 Å². The number of nitrogens with zero attached hydrogens (tertiary/aromatic N) is 1. The lowest BCUT2D eigenvalue weighted by atomic mass is 10.1. The molecule has 1 heterocycles. The number of benzene rings is 3. The Morgan fingerprint density at radius 1 is 0.941 bits per heavy atom. The van der Waals surface area contributed by atoms with Crippen molar-refractivity contribution in [3.8, 4) is 17.2 Å². The summed E-state index contributed by atoms with van der Waals surface area (Å²) >= 11 is 7.14. The average Bonchev–Trinajstić information content (AvgIpc) is 3.12. The van der Waals surface area contributed by atoms with Crippen LogP contribution in [0.15, 0.2) is 77.7 Å². The summed E-state index contributed by atoms with van der Waals surface area (Å²) in [6, 6.07) is 22.0. The zero-order valence-corrected chi connectivity index (χ0v) is 20.0. The Labute approximate surface area is 207 Å². The van der Waals surface area contributed by atoms with Gasteiger partial charge in [0.05, 0.1) is 18.6 Å². The Kier molecular flexibility index (Phi) is 7.77. The van der Waals surface area contributed by atoms with Gasteiger partial charge in [-0.25, -0.2) is 0 Å². The van der Waals surface area contributed by atoms with Gasteiger partial charge in [-0.3, -0.25) is 14.5 Å². The minimum Gasteiger partial charge on any atom is -0.493 e. The third kappa shape index (κ3) is 5.55. The first-order valence-electron chi connectivity index (χ1n) is 10.5. The van der Waals surface area contributed by atoms with Crippen molar-refractivity contribution >= 4 is 40.6 Å². The number of carbonyl (C=O) groups excluding carboxylic acids is 2. The van der Waals surface area contributed by atoms with Gasteiger partial charge in [-0.05, 0) is 42.1 Å². The van der Waals surface area contributed by atoms with Crippen molar-refractivity contribution in [2.75, 3.05) is 20.3 Å². The van der Waals surface area contributed by atoms with Crippen LogP contribution in [0.2, 0.25) is 5.02 Å². The molecule has 1 aliphatic heterocycles. The molecule has 0 spiro atoms. The molecule has 0 aliphatic carbocycles. The maximum atomic E-state index is 12.9. The number of para-hydroxylation sites is 2. The highest BCUT2D eigenvalue weighted by Gasteiger charge is 2.35. The number of amides is 2. The molecular formula is C26H22ClNO5S. The van der Waals surface area contributed by atoms with Crippen LogP contribution in [0.25, 0.3) is 6.08 Å². The highest BCUT2D eigenvalue weighted by Crippen LogP contribution is 2.38. The first kappa shape index (κ1) is 23.7. The second kappa shape index (κ2) is 11.1. The zero-order valence-electron chi connectivity index (χ0n) is 18.4. The molecule has 0 bridgehead atoms. The van der Waals surface area contributed by atoms with Crippen LogP contribution in [0, 0.1) is 0 Å². The van der Waals surface area contributed by atoms with E-state index in [-0.39, 0.29) is 30.9 Å². The lowest BCUT2D eigenvalue weighted by Gasteiger charge is -2.15. The van der Waals surface area contributed by atoms with E-state index in [0.29, 0.717) is 32.7 Å². The molecule has 0 aromatic heterocycles. The average molecular weight is 496 g/mol. The van der Waals surface area contributed by atoms with Crippen molar-refractivity contribution in [3.05, 3.63) is 93.9 Å². The van der Waals surface area contributed by atoms with E-state index in [9.17, 15) is 9.59 Å². The predicted molar refractivity (Wildman–Crippen MR) is 133 cm³/mol. The van der Waals surface area contributed by atoms with E-state index in [2.05, 4.69) is 0 Å². The molecule has 0 atom stereocenters. The molecule has 1 aliphatic rings. The third-order valence-electron chi connectivity index (χ3n) is 5.05. The molecule has 3 aromatic carbocycles. The van der Waals surface area contributed by atoms with Gasteiger partial charge in [0.15, 0.2) is 11.5 Å². The molecule has 0 radical (unpaired) electrons. The first-order chi connectivity index (χ1) is 16.6. The van der Waals surface area contributed by atoms with Gasteiger partial charge in [-0.1, -0.05) is 60.1 Å². The molecule has 4 rings (SSSR count). The summed E-state index contributed by atoms with van der Waals surface area (Å²) < 4.78 is 17.1. The number of carbonyl (C=O) groups is 2. The second-order valence-corrected chi connectivity index (χ2v) is 8.65. The molecule has 1 fully saturated rings. The number of halogens is 1. The standard InChI is InChI=1S/C26H22ClNO5S/c1-31-22-13-7-9-18(24(22)33-17-19-8-5-6-12-21(19)27)16-23-25(29)28(26(30)34-23)14-15-32-20-10-3-2-4-11-20/h2-13,16H,14-15,17H2,1H3/b23-16-. The Balaban J connectivity index is 1.50. The van der Waals surface area contributed by atoms with Crippen LogP contribution in [-0.4, -0.2) is 36.3 Å². The fraction of sp³-hybridized carbons (Fsp3) is 0.154. The fourth-order valence-electron chi connectivity index (χ4n) is 3.33. The number of imide groups is 1. The van der Waals surface area contributed by atoms with Crippen LogP contribution < -0.4 is 14.2 Å². The van der Waals surface area contributed by atoms with Crippen molar-refractivity contribution in [1.82, 2.24) is 4.90 Å². The van der Waals surface area contributed by atoms with Crippen LogP contribution in [-0.2, 0) is 11.4 Å². The summed E-state index contributed by atoms with van der Waals surface area (Å²) in [7, 11) is 1.54. The number of ether oxygens (including phenoxy) is 3. The Bertz CT molecular complexity index is 1210. The Hall–Kier alpha value is -3.42. The van der Waals surface area contributed by atoms with Crippen LogP contribution >= 0.6 is 23.4 Å². The highest BCUT2D eigenvalue weighted by atomic mass is 35.5. The van der Waals surface area contributed by atoms with Gasteiger partial charge in [0.25, 0.3) is 11.1 Å². The minimum absolute atomic E-state index is 0.158. The summed E-state index contributed by atoms with van der Waals surface area (Å²) in [6.07, 6.45) is 1.65. The van der Waals surface area contributed by atoms with E-state index >= 15 is 0 Å². The van der Waals surface area contributed by atoms with Crippen LogP contribution in [0.3, 0.4) is 0 Å². The summed E-state index contributed by atoms with van der Waals surface area (Å²) in [4.78, 5) is 26.9. The number of hydrogen-bond donors (Lipinski definition) is 0. The van der Waals surface area contributed by atoms with Crippen molar-refractivity contribution in [2.45, 2.75) is 6.61 Å². The van der Waals surface area contributed by atoms with Crippen molar-refractivity contribution in [2.24, 2.45) is 0 Å². The summed E-state index contributed by atoms with van der Waals surface area (Å²) in [6.45, 7) is 0.588. The molecule has 2 amide bonds. The van der Waals surface area contributed by atoms with E-state index in [1.807, 2.05) is 48.5 Å². The van der Waals surface area contributed by atoms with E-state index in [1.165, 1.54) is 4.90 Å². The predicted octanol–water partition coefficient (Wildman–Crippen LogP) is 6.04. The van der Waals surface area contributed by atoms with E-state index < -0.39 is 0 Å². The molecular weight excluding hydrogens is 474 g/mol. The SMILES string of the molecule is COc1cccc(/C=C2\SC(=O)N(CCOc3ccccc3)C2=O)c1OCc1ccccc1Cl. The van der Waals surface area contributed by atoms with Crippen LogP contribution in [0.5, 0.6) is 17.2 Å². The minimum atomic E-state index is -0.369.